The zero-order valence-corrected chi connectivity index (χ0v) is 10.4. The maximum atomic E-state index is 5.36. The fourth-order valence-electron chi connectivity index (χ4n) is 2.11. The number of hydrogen-bond donors (Lipinski definition) is 1. The maximum absolute atomic E-state index is 5.36. The molecule has 0 bridgehead atoms. The maximum Gasteiger partial charge on any atom is 0.103 e. The third-order valence-electron chi connectivity index (χ3n) is 3.05. The SMILES string of the molecule is CNC(CCc1ccco1)c1cccc(C)c1. The number of nitrogens with one attached hydrogen (secondary N) is 1. The summed E-state index contributed by atoms with van der Waals surface area (Å²) in [5, 5.41) is 3.37. The molecule has 2 heteroatoms. The molecule has 2 aromatic rings. The lowest BCUT2D eigenvalue weighted by Crippen LogP contribution is -2.17. The molecular weight excluding hydrogens is 210 g/mol. The van der Waals surface area contributed by atoms with E-state index < -0.39 is 0 Å². The number of benzene rings is 1. The van der Waals surface area contributed by atoms with Gasteiger partial charge in [-0.25, -0.2) is 0 Å². The standard InChI is InChI=1S/C15H19NO/c1-12-5-3-6-13(11-12)15(16-2)9-8-14-7-4-10-17-14/h3-7,10-11,15-16H,8-9H2,1-2H3. The van der Waals surface area contributed by atoms with E-state index in [4.69, 9.17) is 4.42 Å². The Kier molecular flexibility index (Phi) is 3.99. The molecule has 2 rings (SSSR count). The molecule has 0 saturated heterocycles. The summed E-state index contributed by atoms with van der Waals surface area (Å²) in [5.41, 5.74) is 2.65. The summed E-state index contributed by atoms with van der Waals surface area (Å²) in [6, 6.07) is 13.0. The number of aryl methyl sites for hydroxylation is 2. The van der Waals surface area contributed by atoms with Crippen LogP contribution in [0.15, 0.2) is 47.1 Å². The van der Waals surface area contributed by atoms with Gasteiger partial charge in [0.1, 0.15) is 5.76 Å². The van der Waals surface area contributed by atoms with Crippen LogP contribution in [0.2, 0.25) is 0 Å². The van der Waals surface area contributed by atoms with Gasteiger partial charge in [-0.3, -0.25) is 0 Å². The summed E-state index contributed by atoms with van der Waals surface area (Å²) in [6.45, 7) is 2.13. The lowest BCUT2D eigenvalue weighted by atomic mass is 10.00. The van der Waals surface area contributed by atoms with Crippen molar-refractivity contribution < 1.29 is 4.42 Å². The van der Waals surface area contributed by atoms with E-state index in [1.165, 1.54) is 11.1 Å². The van der Waals surface area contributed by atoms with E-state index in [-0.39, 0.29) is 0 Å². The van der Waals surface area contributed by atoms with Gasteiger partial charge in [-0.2, -0.15) is 0 Å². The highest BCUT2D eigenvalue weighted by atomic mass is 16.3. The van der Waals surface area contributed by atoms with Crippen molar-refractivity contribution in [3.8, 4) is 0 Å². The Bertz CT molecular complexity index is 448. The van der Waals surface area contributed by atoms with Crippen LogP contribution in [0.1, 0.15) is 29.3 Å². The van der Waals surface area contributed by atoms with Crippen LogP contribution in [0.4, 0.5) is 0 Å². The Hall–Kier alpha value is -1.54. The van der Waals surface area contributed by atoms with Crippen molar-refractivity contribution >= 4 is 0 Å². The molecule has 0 spiro atoms. The summed E-state index contributed by atoms with van der Waals surface area (Å²) < 4.78 is 5.36. The molecule has 1 aromatic carbocycles. The Morgan fingerprint density at radius 3 is 2.76 bits per heavy atom. The van der Waals surface area contributed by atoms with Crippen LogP contribution in [0.25, 0.3) is 0 Å². The van der Waals surface area contributed by atoms with E-state index in [1.807, 2.05) is 19.2 Å². The first kappa shape index (κ1) is 11.9. The van der Waals surface area contributed by atoms with Gasteiger partial charge in [0.05, 0.1) is 6.26 Å². The van der Waals surface area contributed by atoms with Crippen molar-refractivity contribution in [3.05, 3.63) is 59.5 Å². The number of rotatable bonds is 5. The summed E-state index contributed by atoms with van der Waals surface area (Å²) in [4.78, 5) is 0. The molecule has 1 aromatic heterocycles. The van der Waals surface area contributed by atoms with Gasteiger partial charge in [-0.15, -0.1) is 0 Å². The normalized spacial score (nSPS) is 12.6. The molecule has 0 radical (unpaired) electrons. The zero-order chi connectivity index (χ0) is 12.1. The number of furan rings is 1. The largest absolute Gasteiger partial charge is 0.469 e. The van der Waals surface area contributed by atoms with E-state index in [1.54, 1.807) is 6.26 Å². The lowest BCUT2D eigenvalue weighted by molar-refractivity contribution is 0.469. The molecule has 0 fully saturated rings. The molecule has 1 heterocycles. The molecule has 1 unspecified atom stereocenters. The molecule has 0 aliphatic carbocycles. The molecular formula is C15H19NO. The Morgan fingerprint density at radius 1 is 1.24 bits per heavy atom. The second-order valence-electron chi connectivity index (χ2n) is 4.37. The smallest absolute Gasteiger partial charge is 0.103 e. The van der Waals surface area contributed by atoms with E-state index in [2.05, 4.69) is 36.5 Å². The van der Waals surface area contributed by atoms with Crippen molar-refractivity contribution in [1.29, 1.82) is 0 Å². The van der Waals surface area contributed by atoms with Gasteiger partial charge in [0.25, 0.3) is 0 Å². The van der Waals surface area contributed by atoms with Gasteiger partial charge in [0.15, 0.2) is 0 Å². The first-order valence-electron chi connectivity index (χ1n) is 6.06. The topological polar surface area (TPSA) is 25.2 Å². The molecule has 0 saturated carbocycles. The van der Waals surface area contributed by atoms with Gasteiger partial charge in [0, 0.05) is 12.5 Å². The van der Waals surface area contributed by atoms with Crippen LogP contribution >= 0.6 is 0 Å². The molecule has 17 heavy (non-hydrogen) atoms. The van der Waals surface area contributed by atoms with Crippen molar-refractivity contribution in [2.24, 2.45) is 0 Å². The second-order valence-corrected chi connectivity index (χ2v) is 4.37. The first-order chi connectivity index (χ1) is 8.29. The summed E-state index contributed by atoms with van der Waals surface area (Å²) >= 11 is 0. The van der Waals surface area contributed by atoms with Gasteiger partial charge in [0.2, 0.25) is 0 Å². The third kappa shape index (κ3) is 3.21. The molecule has 2 nitrogen and oxygen atoms in total. The second kappa shape index (κ2) is 5.69. The van der Waals surface area contributed by atoms with Crippen molar-refractivity contribution in [2.45, 2.75) is 25.8 Å². The monoisotopic (exact) mass is 229 g/mol. The van der Waals surface area contributed by atoms with E-state index in [0.29, 0.717) is 6.04 Å². The predicted molar refractivity (Wildman–Crippen MR) is 70.0 cm³/mol. The average Bonchev–Trinajstić information content (AvgIpc) is 2.83. The van der Waals surface area contributed by atoms with Crippen LogP contribution < -0.4 is 5.32 Å². The van der Waals surface area contributed by atoms with E-state index in [9.17, 15) is 0 Å². The van der Waals surface area contributed by atoms with Gasteiger partial charge in [-0.1, -0.05) is 29.8 Å². The summed E-state index contributed by atoms with van der Waals surface area (Å²) in [5.74, 6) is 1.05. The van der Waals surface area contributed by atoms with Gasteiger partial charge >= 0.3 is 0 Å². The molecule has 0 aliphatic heterocycles. The Labute approximate surface area is 103 Å². The molecule has 90 valence electrons. The van der Waals surface area contributed by atoms with Crippen molar-refractivity contribution in [2.75, 3.05) is 7.05 Å². The fraction of sp³-hybridized carbons (Fsp3) is 0.333. The molecule has 0 amide bonds. The Balaban J connectivity index is 2.01. The molecule has 1 N–H and O–H groups in total. The third-order valence-corrected chi connectivity index (χ3v) is 3.05. The Morgan fingerprint density at radius 2 is 2.12 bits per heavy atom. The summed E-state index contributed by atoms with van der Waals surface area (Å²) in [6.07, 6.45) is 3.75. The zero-order valence-electron chi connectivity index (χ0n) is 10.4. The number of hydrogen-bond acceptors (Lipinski definition) is 2. The van der Waals surface area contributed by atoms with Crippen molar-refractivity contribution in [3.63, 3.8) is 0 Å². The first-order valence-corrected chi connectivity index (χ1v) is 6.06. The highest BCUT2D eigenvalue weighted by Crippen LogP contribution is 2.20. The fourth-order valence-corrected chi connectivity index (χ4v) is 2.11. The molecule has 1 atom stereocenters. The minimum atomic E-state index is 0.389. The van der Waals surface area contributed by atoms with Gasteiger partial charge < -0.3 is 9.73 Å². The van der Waals surface area contributed by atoms with Crippen LogP contribution in [-0.2, 0) is 6.42 Å². The van der Waals surface area contributed by atoms with Crippen LogP contribution in [0.3, 0.4) is 0 Å². The van der Waals surface area contributed by atoms with E-state index in [0.717, 1.165) is 18.6 Å². The van der Waals surface area contributed by atoms with Crippen LogP contribution in [0.5, 0.6) is 0 Å². The van der Waals surface area contributed by atoms with Gasteiger partial charge in [-0.05, 0) is 38.1 Å². The van der Waals surface area contributed by atoms with Crippen LogP contribution in [-0.4, -0.2) is 7.05 Å². The lowest BCUT2D eigenvalue weighted by Gasteiger charge is -2.16. The molecule has 0 aliphatic rings. The minimum absolute atomic E-state index is 0.389. The predicted octanol–water partition coefficient (Wildman–Crippen LogP) is 3.48. The highest BCUT2D eigenvalue weighted by Gasteiger charge is 2.09. The highest BCUT2D eigenvalue weighted by molar-refractivity contribution is 5.25. The van der Waals surface area contributed by atoms with Crippen molar-refractivity contribution in [1.82, 2.24) is 5.32 Å². The minimum Gasteiger partial charge on any atom is -0.469 e. The van der Waals surface area contributed by atoms with E-state index >= 15 is 0 Å². The quantitative estimate of drug-likeness (QED) is 0.849. The summed E-state index contributed by atoms with van der Waals surface area (Å²) in [7, 11) is 2.01. The average molecular weight is 229 g/mol. The van der Waals surface area contributed by atoms with Crippen LogP contribution in [0, 0.1) is 6.92 Å².